The van der Waals surface area contributed by atoms with Gasteiger partial charge in [0.2, 0.25) is 0 Å². The van der Waals surface area contributed by atoms with Crippen molar-refractivity contribution in [1.82, 2.24) is 14.8 Å². The molecule has 5 nitrogen and oxygen atoms in total. The summed E-state index contributed by atoms with van der Waals surface area (Å²) in [5.41, 5.74) is 7.56. The van der Waals surface area contributed by atoms with Gasteiger partial charge in [-0.3, -0.25) is 0 Å². The summed E-state index contributed by atoms with van der Waals surface area (Å²) < 4.78 is 2.14. The highest BCUT2D eigenvalue weighted by molar-refractivity contribution is 5.63. The van der Waals surface area contributed by atoms with Crippen LogP contribution in [0.15, 0.2) is 18.2 Å². The topological polar surface area (TPSA) is 77.0 Å². The maximum atomic E-state index is 9.82. The van der Waals surface area contributed by atoms with E-state index in [2.05, 4.69) is 14.8 Å². The molecule has 0 radical (unpaired) electrons. The van der Waals surface area contributed by atoms with Crippen LogP contribution in [-0.4, -0.2) is 26.4 Å². The van der Waals surface area contributed by atoms with Crippen molar-refractivity contribution >= 4 is 0 Å². The number of benzene rings is 1. The van der Waals surface area contributed by atoms with Crippen molar-refractivity contribution in [2.24, 2.45) is 11.7 Å². The average molecular weight is 258 g/mol. The number of aromatic hydroxyl groups is 1. The number of nitrogens with zero attached hydrogens (tertiary/aromatic N) is 3. The highest BCUT2D eigenvalue weighted by Gasteiger charge is 2.23. The average Bonchev–Trinajstić information content (AvgIpc) is 2.84. The largest absolute Gasteiger partial charge is 0.508 e. The Morgan fingerprint density at radius 1 is 1.42 bits per heavy atom. The molecule has 0 aliphatic carbocycles. The Kier molecular flexibility index (Phi) is 2.98. The van der Waals surface area contributed by atoms with E-state index < -0.39 is 0 Å². The second kappa shape index (κ2) is 4.66. The summed E-state index contributed by atoms with van der Waals surface area (Å²) in [5.74, 6) is 2.63. The third kappa shape index (κ3) is 2.00. The molecule has 2 aromatic rings. The summed E-state index contributed by atoms with van der Waals surface area (Å²) in [6.45, 7) is 3.45. The van der Waals surface area contributed by atoms with Gasteiger partial charge in [0, 0.05) is 24.1 Å². The Bertz CT molecular complexity index is 605. The first-order valence-corrected chi connectivity index (χ1v) is 6.61. The number of fused-ring (bicyclic) bond motifs is 1. The van der Waals surface area contributed by atoms with Crippen LogP contribution in [0.5, 0.6) is 5.75 Å². The monoisotopic (exact) mass is 258 g/mol. The fraction of sp³-hybridized carbons (Fsp3) is 0.429. The van der Waals surface area contributed by atoms with Crippen molar-refractivity contribution in [3.8, 4) is 17.1 Å². The first kappa shape index (κ1) is 12.2. The summed E-state index contributed by atoms with van der Waals surface area (Å²) in [6.07, 6.45) is 2.00. The van der Waals surface area contributed by atoms with Crippen molar-refractivity contribution in [3.05, 3.63) is 29.6 Å². The quantitative estimate of drug-likeness (QED) is 0.855. The molecule has 19 heavy (non-hydrogen) atoms. The smallest absolute Gasteiger partial charge is 0.164 e. The molecule has 1 aliphatic heterocycles. The van der Waals surface area contributed by atoms with E-state index in [1.807, 2.05) is 19.1 Å². The fourth-order valence-electron chi connectivity index (χ4n) is 2.65. The summed E-state index contributed by atoms with van der Waals surface area (Å²) in [7, 11) is 0. The van der Waals surface area contributed by atoms with E-state index in [0.717, 1.165) is 42.2 Å². The van der Waals surface area contributed by atoms with E-state index in [1.54, 1.807) is 6.07 Å². The Balaban J connectivity index is 2.07. The van der Waals surface area contributed by atoms with E-state index in [4.69, 9.17) is 5.73 Å². The van der Waals surface area contributed by atoms with Gasteiger partial charge < -0.3 is 15.4 Å². The van der Waals surface area contributed by atoms with Crippen LogP contribution < -0.4 is 5.73 Å². The summed E-state index contributed by atoms with van der Waals surface area (Å²) in [5, 5.41) is 18.4. The van der Waals surface area contributed by atoms with Gasteiger partial charge in [-0.25, -0.2) is 0 Å². The van der Waals surface area contributed by atoms with Gasteiger partial charge in [0.1, 0.15) is 11.6 Å². The third-order valence-electron chi connectivity index (χ3n) is 3.92. The van der Waals surface area contributed by atoms with Gasteiger partial charge in [-0.15, -0.1) is 10.2 Å². The maximum Gasteiger partial charge on any atom is 0.164 e. The molecule has 0 amide bonds. The Labute approximate surface area is 112 Å². The second-order valence-electron chi connectivity index (χ2n) is 5.14. The molecule has 0 fully saturated rings. The van der Waals surface area contributed by atoms with Crippen LogP contribution >= 0.6 is 0 Å². The van der Waals surface area contributed by atoms with Crippen LogP contribution in [0.3, 0.4) is 0 Å². The number of nitrogens with two attached hydrogens (primary N) is 1. The third-order valence-corrected chi connectivity index (χ3v) is 3.92. The molecule has 0 saturated carbocycles. The van der Waals surface area contributed by atoms with Gasteiger partial charge in [-0.1, -0.05) is 12.1 Å². The molecule has 1 aromatic carbocycles. The molecule has 1 aliphatic rings. The molecule has 0 spiro atoms. The van der Waals surface area contributed by atoms with Gasteiger partial charge >= 0.3 is 0 Å². The highest BCUT2D eigenvalue weighted by Crippen LogP contribution is 2.30. The van der Waals surface area contributed by atoms with E-state index in [-0.39, 0.29) is 0 Å². The second-order valence-corrected chi connectivity index (χ2v) is 5.14. The molecule has 2 heterocycles. The molecule has 1 atom stereocenters. The Morgan fingerprint density at radius 2 is 2.26 bits per heavy atom. The molecule has 1 unspecified atom stereocenters. The molecule has 0 saturated heterocycles. The molecule has 1 aromatic heterocycles. The van der Waals surface area contributed by atoms with Gasteiger partial charge in [0.25, 0.3) is 0 Å². The van der Waals surface area contributed by atoms with Gasteiger partial charge in [0.05, 0.1) is 0 Å². The van der Waals surface area contributed by atoms with Crippen LogP contribution in [0.1, 0.15) is 17.8 Å². The minimum absolute atomic E-state index is 0.293. The van der Waals surface area contributed by atoms with E-state index in [1.165, 1.54) is 0 Å². The SMILES string of the molecule is Cc1c(O)cccc1-c1nnc2n1CC(CN)CC2. The summed E-state index contributed by atoms with van der Waals surface area (Å²) in [6, 6.07) is 5.50. The van der Waals surface area contributed by atoms with E-state index >= 15 is 0 Å². The zero-order valence-corrected chi connectivity index (χ0v) is 11.0. The first-order chi connectivity index (χ1) is 9.20. The van der Waals surface area contributed by atoms with Crippen molar-refractivity contribution in [2.75, 3.05) is 6.54 Å². The van der Waals surface area contributed by atoms with Gasteiger partial charge in [-0.05, 0) is 31.9 Å². The van der Waals surface area contributed by atoms with Crippen LogP contribution in [0.25, 0.3) is 11.4 Å². The fourth-order valence-corrected chi connectivity index (χ4v) is 2.65. The number of rotatable bonds is 2. The molecular weight excluding hydrogens is 240 g/mol. The van der Waals surface area contributed by atoms with Crippen molar-refractivity contribution in [3.63, 3.8) is 0 Å². The standard InChI is InChI=1S/C14H18N4O/c1-9-11(3-2-4-12(9)19)14-17-16-13-6-5-10(7-15)8-18(13)14/h2-4,10,19H,5-8,15H2,1H3. The lowest BCUT2D eigenvalue weighted by Crippen LogP contribution is -2.26. The van der Waals surface area contributed by atoms with Crippen molar-refractivity contribution in [2.45, 2.75) is 26.3 Å². The predicted molar refractivity (Wildman–Crippen MR) is 72.7 cm³/mol. The van der Waals surface area contributed by atoms with Gasteiger partial charge in [-0.2, -0.15) is 0 Å². The lowest BCUT2D eigenvalue weighted by molar-refractivity contribution is 0.375. The lowest BCUT2D eigenvalue weighted by Gasteiger charge is -2.23. The Hall–Kier alpha value is -1.88. The molecule has 5 heteroatoms. The number of aromatic nitrogens is 3. The number of phenolic OH excluding ortho intramolecular Hbond substituents is 1. The molecular formula is C14H18N4O. The van der Waals surface area contributed by atoms with Crippen LogP contribution in [0, 0.1) is 12.8 Å². The summed E-state index contributed by atoms with van der Waals surface area (Å²) >= 11 is 0. The van der Waals surface area contributed by atoms with E-state index in [0.29, 0.717) is 18.2 Å². The summed E-state index contributed by atoms with van der Waals surface area (Å²) in [4.78, 5) is 0. The zero-order chi connectivity index (χ0) is 13.4. The zero-order valence-electron chi connectivity index (χ0n) is 11.0. The minimum Gasteiger partial charge on any atom is -0.508 e. The molecule has 3 rings (SSSR count). The molecule has 0 bridgehead atoms. The number of phenols is 1. The normalized spacial score (nSPS) is 18.3. The van der Waals surface area contributed by atoms with Crippen molar-refractivity contribution in [1.29, 1.82) is 0 Å². The first-order valence-electron chi connectivity index (χ1n) is 6.61. The number of aryl methyl sites for hydroxylation is 1. The van der Waals surface area contributed by atoms with E-state index in [9.17, 15) is 5.11 Å². The maximum absolute atomic E-state index is 9.82. The minimum atomic E-state index is 0.293. The van der Waals surface area contributed by atoms with Crippen LogP contribution in [0.2, 0.25) is 0 Å². The van der Waals surface area contributed by atoms with Crippen molar-refractivity contribution < 1.29 is 5.11 Å². The predicted octanol–water partition coefficient (Wildman–Crippen LogP) is 1.48. The molecule has 3 N–H and O–H groups in total. The van der Waals surface area contributed by atoms with Gasteiger partial charge in [0.15, 0.2) is 5.82 Å². The van der Waals surface area contributed by atoms with Crippen LogP contribution in [-0.2, 0) is 13.0 Å². The number of hydrogen-bond acceptors (Lipinski definition) is 4. The lowest BCUT2D eigenvalue weighted by atomic mass is 9.99. The highest BCUT2D eigenvalue weighted by atomic mass is 16.3. The number of hydrogen-bond donors (Lipinski definition) is 2. The van der Waals surface area contributed by atoms with Crippen LogP contribution in [0.4, 0.5) is 0 Å². The molecule has 100 valence electrons. The Morgan fingerprint density at radius 3 is 3.05 bits per heavy atom.